The molecular weight excluding hydrogens is 368 g/mol. The van der Waals surface area contributed by atoms with Crippen LogP contribution in [0.15, 0.2) is 28.7 Å². The second-order valence-corrected chi connectivity index (χ2v) is 7.66. The molecular formula is C18H27N4O4S+. The van der Waals surface area contributed by atoms with Crippen LogP contribution in [0.3, 0.4) is 0 Å². The van der Waals surface area contributed by atoms with Gasteiger partial charge in [-0.25, -0.2) is 0 Å². The van der Waals surface area contributed by atoms with Crippen LogP contribution in [-0.2, 0) is 18.1 Å². The second kappa shape index (κ2) is 9.01. The molecule has 2 aromatic rings. The highest BCUT2D eigenvalue weighted by atomic mass is 32.1. The van der Waals surface area contributed by atoms with Gasteiger partial charge in [0.1, 0.15) is 11.5 Å². The Bertz CT molecular complexity index is 808. The van der Waals surface area contributed by atoms with Crippen LogP contribution in [0.4, 0.5) is 0 Å². The second-order valence-electron chi connectivity index (χ2n) is 7.32. The fraction of sp³-hybridized carbons (Fsp3) is 0.500. The topological polar surface area (TPSA) is 83.0 Å². The van der Waals surface area contributed by atoms with Crippen LogP contribution < -0.4 is 19.7 Å². The van der Waals surface area contributed by atoms with Crippen LogP contribution in [0.1, 0.15) is 26.7 Å². The monoisotopic (exact) mass is 395 g/mol. The number of nitrogens with one attached hydrogen (secondary N) is 2. The van der Waals surface area contributed by atoms with E-state index in [4.69, 9.17) is 26.1 Å². The van der Waals surface area contributed by atoms with Crippen molar-refractivity contribution in [3.8, 4) is 11.5 Å². The summed E-state index contributed by atoms with van der Waals surface area (Å²) in [6.45, 7) is 6.73. The molecule has 1 atom stereocenters. The first-order valence-electron chi connectivity index (χ1n) is 8.62. The molecule has 1 heterocycles. The highest BCUT2D eigenvalue weighted by molar-refractivity contribution is 7.71. The maximum atomic E-state index is 12.0. The van der Waals surface area contributed by atoms with Crippen molar-refractivity contribution in [1.29, 1.82) is 0 Å². The van der Waals surface area contributed by atoms with Crippen LogP contribution >= 0.6 is 12.2 Å². The standard InChI is InChI=1S/C18H26N4O4S/c1-18(2,3)19-15(23)10-21(4)12-22-17(27)26-16(20-22)11-25-14-8-6-13(24-5)7-9-14/h6-9H,10-12H2,1-5H3,(H,19,23)/p+1. The van der Waals surface area contributed by atoms with E-state index in [0.717, 1.165) is 10.6 Å². The summed E-state index contributed by atoms with van der Waals surface area (Å²) in [5.74, 6) is 1.78. The number of ether oxygens (including phenoxy) is 2. The molecule has 0 bridgehead atoms. The lowest BCUT2D eigenvalue weighted by Gasteiger charge is -2.21. The summed E-state index contributed by atoms with van der Waals surface area (Å²) >= 11 is 5.20. The molecule has 9 heteroatoms. The van der Waals surface area contributed by atoms with Gasteiger partial charge in [0.2, 0.25) is 0 Å². The van der Waals surface area contributed by atoms with Crippen molar-refractivity contribution >= 4 is 18.1 Å². The van der Waals surface area contributed by atoms with Crippen LogP contribution in [0.2, 0.25) is 0 Å². The van der Waals surface area contributed by atoms with Gasteiger partial charge in [0.25, 0.3) is 16.6 Å². The SMILES string of the molecule is COc1ccc(OCc2nn(C[NH+](C)CC(=O)NC(C)(C)C)c(=S)o2)cc1. The minimum atomic E-state index is -0.256. The molecule has 0 aliphatic heterocycles. The third kappa shape index (κ3) is 7.03. The van der Waals surface area contributed by atoms with Crippen molar-refractivity contribution < 1.29 is 23.6 Å². The van der Waals surface area contributed by atoms with E-state index in [0.29, 0.717) is 24.9 Å². The van der Waals surface area contributed by atoms with E-state index in [-0.39, 0.29) is 22.9 Å². The van der Waals surface area contributed by atoms with Gasteiger partial charge in [-0.2, -0.15) is 4.68 Å². The molecule has 1 aromatic carbocycles. The normalized spacial score (nSPS) is 12.5. The number of methoxy groups -OCH3 is 1. The van der Waals surface area contributed by atoms with Crippen molar-refractivity contribution in [3.63, 3.8) is 0 Å². The molecule has 0 saturated heterocycles. The maximum absolute atomic E-state index is 12.0. The molecule has 0 fully saturated rings. The number of carbonyl (C=O) groups excluding carboxylic acids is 1. The Morgan fingerprint density at radius 2 is 1.93 bits per heavy atom. The Morgan fingerprint density at radius 1 is 1.30 bits per heavy atom. The van der Waals surface area contributed by atoms with Crippen molar-refractivity contribution in [2.75, 3.05) is 20.7 Å². The van der Waals surface area contributed by atoms with Gasteiger partial charge in [0.05, 0.1) is 14.2 Å². The van der Waals surface area contributed by atoms with Gasteiger partial charge in [-0.1, -0.05) is 0 Å². The smallest absolute Gasteiger partial charge is 0.291 e. The molecule has 27 heavy (non-hydrogen) atoms. The Morgan fingerprint density at radius 3 is 2.52 bits per heavy atom. The van der Waals surface area contributed by atoms with Crippen LogP contribution in [0.25, 0.3) is 0 Å². The molecule has 148 valence electrons. The number of nitrogens with zero attached hydrogens (tertiary/aromatic N) is 2. The molecule has 1 aromatic heterocycles. The van der Waals surface area contributed by atoms with E-state index in [1.54, 1.807) is 23.9 Å². The average molecular weight is 396 g/mol. The number of carbonyl (C=O) groups is 1. The van der Waals surface area contributed by atoms with E-state index in [1.807, 2.05) is 40.0 Å². The van der Waals surface area contributed by atoms with Crippen molar-refractivity contribution in [3.05, 3.63) is 35.0 Å². The molecule has 1 amide bonds. The third-order valence-electron chi connectivity index (χ3n) is 3.47. The van der Waals surface area contributed by atoms with E-state index in [9.17, 15) is 4.79 Å². The molecule has 2 N–H and O–H groups in total. The first-order valence-corrected chi connectivity index (χ1v) is 9.03. The van der Waals surface area contributed by atoms with Gasteiger partial charge < -0.3 is 24.1 Å². The lowest BCUT2D eigenvalue weighted by Crippen LogP contribution is -3.09. The molecule has 0 radical (unpaired) electrons. The number of hydrogen-bond donors (Lipinski definition) is 2. The largest absolute Gasteiger partial charge is 0.497 e. The zero-order valence-corrected chi connectivity index (χ0v) is 17.2. The zero-order valence-electron chi connectivity index (χ0n) is 16.4. The van der Waals surface area contributed by atoms with Crippen molar-refractivity contribution in [2.24, 2.45) is 0 Å². The summed E-state index contributed by atoms with van der Waals surface area (Å²) in [6.07, 6.45) is 0. The highest BCUT2D eigenvalue weighted by Gasteiger charge is 2.18. The Balaban J connectivity index is 1.89. The van der Waals surface area contributed by atoms with E-state index >= 15 is 0 Å². The van der Waals surface area contributed by atoms with Gasteiger partial charge in [0, 0.05) is 5.54 Å². The third-order valence-corrected chi connectivity index (χ3v) is 3.76. The number of likely N-dealkylation sites (N-methyl/N-ethyl adjacent to an activating group) is 1. The Labute approximate surface area is 164 Å². The maximum Gasteiger partial charge on any atom is 0.291 e. The number of quaternary nitrogens is 1. The van der Waals surface area contributed by atoms with Gasteiger partial charge in [-0.15, -0.1) is 5.10 Å². The summed E-state index contributed by atoms with van der Waals surface area (Å²) in [5.41, 5.74) is -0.256. The van der Waals surface area contributed by atoms with Crippen molar-refractivity contribution in [1.82, 2.24) is 15.1 Å². The summed E-state index contributed by atoms with van der Waals surface area (Å²) in [6, 6.07) is 7.22. The molecule has 0 spiro atoms. The molecule has 1 unspecified atom stereocenters. The van der Waals surface area contributed by atoms with Crippen LogP contribution in [-0.4, -0.2) is 41.9 Å². The highest BCUT2D eigenvalue weighted by Crippen LogP contribution is 2.18. The van der Waals surface area contributed by atoms with E-state index < -0.39 is 0 Å². The molecule has 0 saturated carbocycles. The number of hydrogen-bond acceptors (Lipinski definition) is 6. The molecule has 8 nitrogen and oxygen atoms in total. The lowest BCUT2D eigenvalue weighted by molar-refractivity contribution is -0.895. The van der Waals surface area contributed by atoms with Gasteiger partial charge >= 0.3 is 0 Å². The van der Waals surface area contributed by atoms with Gasteiger partial charge in [-0.3, -0.25) is 4.79 Å². The fourth-order valence-electron chi connectivity index (χ4n) is 2.37. The Hall–Kier alpha value is -2.39. The lowest BCUT2D eigenvalue weighted by atomic mass is 10.1. The summed E-state index contributed by atoms with van der Waals surface area (Å²) < 4.78 is 17.8. The fourth-order valence-corrected chi connectivity index (χ4v) is 2.57. The van der Waals surface area contributed by atoms with Gasteiger partial charge in [0.15, 0.2) is 19.8 Å². The Kier molecular flexibility index (Phi) is 6.98. The predicted molar refractivity (Wildman–Crippen MR) is 102 cm³/mol. The van der Waals surface area contributed by atoms with E-state index in [1.165, 1.54) is 0 Å². The van der Waals surface area contributed by atoms with E-state index in [2.05, 4.69) is 10.4 Å². The molecule has 0 aliphatic carbocycles. The number of aromatic nitrogens is 2. The first kappa shape index (κ1) is 20.9. The van der Waals surface area contributed by atoms with Crippen molar-refractivity contribution in [2.45, 2.75) is 39.6 Å². The predicted octanol–water partition coefficient (Wildman–Crippen LogP) is 1.18. The number of amides is 1. The summed E-state index contributed by atoms with van der Waals surface area (Å²) in [5, 5.41) is 7.26. The summed E-state index contributed by atoms with van der Waals surface area (Å²) in [7, 11) is 3.50. The van der Waals surface area contributed by atoms with Crippen LogP contribution in [0.5, 0.6) is 11.5 Å². The zero-order chi connectivity index (χ0) is 20.0. The number of rotatable bonds is 8. The van der Waals surface area contributed by atoms with Crippen LogP contribution in [0, 0.1) is 4.84 Å². The first-order chi connectivity index (χ1) is 12.7. The average Bonchev–Trinajstić information content (AvgIpc) is 2.91. The van der Waals surface area contributed by atoms with Gasteiger partial charge in [-0.05, 0) is 57.3 Å². The molecule has 0 aliphatic rings. The quantitative estimate of drug-likeness (QED) is 0.653. The molecule has 2 rings (SSSR count). The minimum Gasteiger partial charge on any atom is -0.497 e. The number of benzene rings is 1. The minimum absolute atomic E-state index is 0.0296. The summed E-state index contributed by atoms with van der Waals surface area (Å²) in [4.78, 5) is 13.2.